The number of nitrogens with zero attached hydrogens (tertiary/aromatic N) is 2. The maximum atomic E-state index is 11.0. The minimum absolute atomic E-state index is 0.224. The number of carboxylic acids is 1. The molecule has 4 nitrogen and oxygen atoms in total. The number of hydrogen-bond donors (Lipinski definition) is 1. The standard InChI is InChI=1S/C10H7ClN2O2S/c1-5-13-8(9(16-5)10(14)15)6-2-3-7(11)12-4-6/h2-4H,1H3,(H,14,15). The van der Waals surface area contributed by atoms with Crippen LogP contribution in [0.2, 0.25) is 5.15 Å². The van der Waals surface area contributed by atoms with E-state index >= 15 is 0 Å². The van der Waals surface area contributed by atoms with Gasteiger partial charge in [-0.2, -0.15) is 0 Å². The van der Waals surface area contributed by atoms with E-state index in [4.69, 9.17) is 16.7 Å². The Bertz CT molecular complexity index is 536. The van der Waals surface area contributed by atoms with E-state index in [2.05, 4.69) is 9.97 Å². The van der Waals surface area contributed by atoms with Crippen LogP contribution in [0.5, 0.6) is 0 Å². The third-order valence-electron chi connectivity index (χ3n) is 1.93. The average Bonchev–Trinajstić information content (AvgIpc) is 2.61. The largest absolute Gasteiger partial charge is 0.477 e. The van der Waals surface area contributed by atoms with Gasteiger partial charge in [-0.1, -0.05) is 11.6 Å². The minimum Gasteiger partial charge on any atom is -0.477 e. The first-order valence-electron chi connectivity index (χ1n) is 4.40. The van der Waals surface area contributed by atoms with Crippen LogP contribution in [-0.2, 0) is 0 Å². The third kappa shape index (κ3) is 2.05. The number of carboxylic acid groups (broad SMARTS) is 1. The molecule has 0 fully saturated rings. The number of aromatic carboxylic acids is 1. The van der Waals surface area contributed by atoms with E-state index < -0.39 is 5.97 Å². The van der Waals surface area contributed by atoms with E-state index in [1.54, 1.807) is 19.1 Å². The Morgan fingerprint density at radius 1 is 1.50 bits per heavy atom. The van der Waals surface area contributed by atoms with Gasteiger partial charge in [-0.15, -0.1) is 11.3 Å². The van der Waals surface area contributed by atoms with E-state index in [9.17, 15) is 4.79 Å². The molecule has 0 aromatic carbocycles. The summed E-state index contributed by atoms with van der Waals surface area (Å²) in [4.78, 5) is 19.3. The molecule has 1 N–H and O–H groups in total. The summed E-state index contributed by atoms with van der Waals surface area (Å²) in [6.45, 7) is 1.77. The predicted octanol–water partition coefficient (Wildman–Crippen LogP) is 2.87. The highest BCUT2D eigenvalue weighted by Gasteiger charge is 2.17. The van der Waals surface area contributed by atoms with Gasteiger partial charge in [0.2, 0.25) is 0 Å². The zero-order valence-corrected chi connectivity index (χ0v) is 9.84. The number of aryl methyl sites for hydroxylation is 1. The van der Waals surface area contributed by atoms with Crippen molar-refractivity contribution in [1.82, 2.24) is 9.97 Å². The van der Waals surface area contributed by atoms with Crippen molar-refractivity contribution in [1.29, 1.82) is 0 Å². The van der Waals surface area contributed by atoms with E-state index in [1.807, 2.05) is 0 Å². The molecule has 0 radical (unpaired) electrons. The maximum Gasteiger partial charge on any atom is 0.348 e. The summed E-state index contributed by atoms with van der Waals surface area (Å²) in [7, 11) is 0. The Morgan fingerprint density at radius 3 is 2.81 bits per heavy atom. The third-order valence-corrected chi connectivity index (χ3v) is 3.11. The highest BCUT2D eigenvalue weighted by molar-refractivity contribution is 7.14. The molecule has 0 atom stereocenters. The van der Waals surface area contributed by atoms with Crippen LogP contribution in [0.1, 0.15) is 14.7 Å². The number of hydrogen-bond acceptors (Lipinski definition) is 4. The SMILES string of the molecule is Cc1nc(-c2ccc(Cl)nc2)c(C(=O)O)s1. The number of carbonyl (C=O) groups is 1. The van der Waals surface area contributed by atoms with E-state index in [-0.39, 0.29) is 4.88 Å². The highest BCUT2D eigenvalue weighted by atomic mass is 35.5. The van der Waals surface area contributed by atoms with Gasteiger partial charge in [0.15, 0.2) is 0 Å². The van der Waals surface area contributed by atoms with Gasteiger partial charge < -0.3 is 5.11 Å². The summed E-state index contributed by atoms with van der Waals surface area (Å²) in [5, 5.41) is 10.1. The second-order valence-corrected chi connectivity index (χ2v) is 4.68. The first kappa shape index (κ1) is 11.0. The lowest BCUT2D eigenvalue weighted by Crippen LogP contribution is -1.95. The van der Waals surface area contributed by atoms with Gasteiger partial charge in [0.05, 0.1) is 10.7 Å². The van der Waals surface area contributed by atoms with Crippen molar-refractivity contribution in [2.45, 2.75) is 6.92 Å². The molecule has 0 aliphatic rings. The van der Waals surface area contributed by atoms with Gasteiger partial charge >= 0.3 is 5.97 Å². The van der Waals surface area contributed by atoms with Gasteiger partial charge in [-0.3, -0.25) is 0 Å². The smallest absolute Gasteiger partial charge is 0.348 e. The van der Waals surface area contributed by atoms with Gasteiger partial charge in [0, 0.05) is 11.8 Å². The summed E-state index contributed by atoms with van der Waals surface area (Å²) in [6, 6.07) is 3.31. The van der Waals surface area contributed by atoms with Crippen molar-refractivity contribution in [2.75, 3.05) is 0 Å². The lowest BCUT2D eigenvalue weighted by atomic mass is 10.2. The van der Waals surface area contributed by atoms with E-state index in [1.165, 1.54) is 6.20 Å². The van der Waals surface area contributed by atoms with Crippen molar-refractivity contribution in [2.24, 2.45) is 0 Å². The summed E-state index contributed by atoms with van der Waals surface area (Å²) in [5.74, 6) is -0.976. The minimum atomic E-state index is -0.976. The summed E-state index contributed by atoms with van der Waals surface area (Å²) in [6.07, 6.45) is 1.52. The lowest BCUT2D eigenvalue weighted by Gasteiger charge is -1.98. The predicted molar refractivity (Wildman–Crippen MR) is 62.1 cm³/mol. The topological polar surface area (TPSA) is 63.1 Å². The van der Waals surface area contributed by atoms with Crippen LogP contribution in [0.4, 0.5) is 0 Å². The van der Waals surface area contributed by atoms with Gasteiger partial charge in [-0.25, -0.2) is 14.8 Å². The average molecular weight is 255 g/mol. The van der Waals surface area contributed by atoms with E-state index in [0.717, 1.165) is 11.3 Å². The number of halogens is 1. The first-order valence-corrected chi connectivity index (χ1v) is 5.60. The van der Waals surface area contributed by atoms with Crippen LogP contribution in [-0.4, -0.2) is 21.0 Å². The fourth-order valence-electron chi connectivity index (χ4n) is 1.28. The lowest BCUT2D eigenvalue weighted by molar-refractivity contribution is 0.0702. The Balaban J connectivity index is 2.55. The van der Waals surface area contributed by atoms with Crippen LogP contribution in [0, 0.1) is 6.92 Å². The molecule has 2 aromatic heterocycles. The van der Waals surface area contributed by atoms with Crippen molar-refractivity contribution in [3.63, 3.8) is 0 Å². The molecule has 0 saturated heterocycles. The molecule has 2 rings (SSSR count). The molecule has 2 aromatic rings. The molecule has 0 aliphatic carbocycles. The van der Waals surface area contributed by atoms with Crippen LogP contribution >= 0.6 is 22.9 Å². The normalized spacial score (nSPS) is 10.4. The quantitative estimate of drug-likeness (QED) is 0.837. The summed E-state index contributed by atoms with van der Waals surface area (Å²) < 4.78 is 0. The zero-order chi connectivity index (χ0) is 11.7. The van der Waals surface area contributed by atoms with Crippen molar-refractivity contribution in [3.05, 3.63) is 33.4 Å². The molecule has 6 heteroatoms. The molecule has 16 heavy (non-hydrogen) atoms. The fourth-order valence-corrected chi connectivity index (χ4v) is 2.18. The number of pyridine rings is 1. The molecule has 2 heterocycles. The van der Waals surface area contributed by atoms with Crippen LogP contribution in [0.25, 0.3) is 11.3 Å². The number of thiazole rings is 1. The van der Waals surface area contributed by atoms with Crippen molar-refractivity contribution >= 4 is 28.9 Å². The molecular formula is C10H7ClN2O2S. The molecular weight excluding hydrogens is 248 g/mol. The molecule has 0 spiro atoms. The van der Waals surface area contributed by atoms with Gasteiger partial charge in [0.25, 0.3) is 0 Å². The molecule has 0 bridgehead atoms. The fraction of sp³-hybridized carbons (Fsp3) is 0.100. The molecule has 0 unspecified atom stereocenters. The Hall–Kier alpha value is -1.46. The second kappa shape index (κ2) is 4.19. The number of aromatic nitrogens is 2. The molecule has 0 aliphatic heterocycles. The monoisotopic (exact) mass is 254 g/mol. The van der Waals surface area contributed by atoms with Crippen LogP contribution in [0.15, 0.2) is 18.3 Å². The Morgan fingerprint density at radius 2 is 2.25 bits per heavy atom. The molecule has 0 saturated carbocycles. The summed E-state index contributed by atoms with van der Waals surface area (Å²) in [5.41, 5.74) is 1.10. The molecule has 82 valence electrons. The van der Waals surface area contributed by atoms with Crippen LogP contribution in [0.3, 0.4) is 0 Å². The van der Waals surface area contributed by atoms with Crippen LogP contribution < -0.4 is 0 Å². The van der Waals surface area contributed by atoms with Crippen molar-refractivity contribution in [3.8, 4) is 11.3 Å². The van der Waals surface area contributed by atoms with E-state index in [0.29, 0.717) is 21.4 Å². The van der Waals surface area contributed by atoms with Crippen molar-refractivity contribution < 1.29 is 9.90 Å². The Labute approximate surface area is 101 Å². The van der Waals surface area contributed by atoms with Gasteiger partial charge in [-0.05, 0) is 19.1 Å². The van der Waals surface area contributed by atoms with Gasteiger partial charge in [0.1, 0.15) is 10.0 Å². The first-order chi connectivity index (χ1) is 7.58. The maximum absolute atomic E-state index is 11.0. The molecule has 0 amide bonds. The zero-order valence-electron chi connectivity index (χ0n) is 8.27. The summed E-state index contributed by atoms with van der Waals surface area (Å²) >= 11 is 6.81. The highest BCUT2D eigenvalue weighted by Crippen LogP contribution is 2.27. The second-order valence-electron chi connectivity index (χ2n) is 3.09. The number of rotatable bonds is 2. The Kier molecular flexibility index (Phi) is 2.89.